The van der Waals surface area contributed by atoms with E-state index in [2.05, 4.69) is 20.7 Å². The van der Waals surface area contributed by atoms with Gasteiger partial charge in [0.2, 0.25) is 5.91 Å². The van der Waals surface area contributed by atoms with Crippen LogP contribution in [0.15, 0.2) is 47.6 Å². The highest BCUT2D eigenvalue weighted by atomic mass is 35.5. The van der Waals surface area contributed by atoms with Crippen molar-refractivity contribution < 1.29 is 18.0 Å². The Hall–Kier alpha value is -2.56. The van der Waals surface area contributed by atoms with Crippen LogP contribution in [0.2, 0.25) is 5.02 Å². The van der Waals surface area contributed by atoms with E-state index in [0.29, 0.717) is 17.1 Å². The summed E-state index contributed by atoms with van der Waals surface area (Å²) in [6, 6.07) is 9.60. The molecule has 34 heavy (non-hydrogen) atoms. The van der Waals surface area contributed by atoms with E-state index in [1.165, 1.54) is 28.6 Å². The summed E-state index contributed by atoms with van der Waals surface area (Å²) in [5.41, 5.74) is 0.988. The molecular formula is C23H21ClF3N5OS. The minimum atomic E-state index is -4.51. The van der Waals surface area contributed by atoms with Gasteiger partial charge in [-0.2, -0.15) is 18.3 Å². The zero-order chi connectivity index (χ0) is 23.9. The van der Waals surface area contributed by atoms with Crippen molar-refractivity contribution in [2.24, 2.45) is 4.99 Å². The maximum atomic E-state index is 13.5. The van der Waals surface area contributed by atoms with E-state index in [1.54, 1.807) is 6.20 Å². The third-order valence-corrected chi connectivity index (χ3v) is 7.27. The molecule has 0 saturated carbocycles. The predicted molar refractivity (Wildman–Crippen MR) is 127 cm³/mol. The van der Waals surface area contributed by atoms with Crippen molar-refractivity contribution in [1.82, 2.24) is 20.4 Å². The quantitative estimate of drug-likeness (QED) is 0.541. The third-order valence-electron chi connectivity index (χ3n) is 5.94. The second-order valence-corrected chi connectivity index (χ2v) is 10.0. The third kappa shape index (κ3) is 4.94. The molecule has 2 saturated heterocycles. The second-order valence-electron chi connectivity index (χ2n) is 8.38. The summed E-state index contributed by atoms with van der Waals surface area (Å²) >= 11 is 7.23. The molecule has 178 valence electrons. The van der Waals surface area contributed by atoms with Gasteiger partial charge in [-0.15, -0.1) is 0 Å². The lowest BCUT2D eigenvalue weighted by molar-refractivity contribution is -0.138. The number of nitrogens with one attached hydrogen (secondary N) is 2. The van der Waals surface area contributed by atoms with Crippen LogP contribution in [0, 0.1) is 0 Å². The SMILES string of the molecule is O=C1NC(=N[C@H]2CCNC2)SC1Cc1ccc2c(cnn2Cc2ccc(Cl)cc2C(F)(F)F)c1. The van der Waals surface area contributed by atoms with Gasteiger partial charge in [-0.3, -0.25) is 14.5 Å². The molecule has 11 heteroatoms. The average molecular weight is 508 g/mol. The van der Waals surface area contributed by atoms with E-state index in [1.807, 2.05) is 18.2 Å². The summed E-state index contributed by atoms with van der Waals surface area (Å²) in [5.74, 6) is -0.0621. The van der Waals surface area contributed by atoms with Gasteiger partial charge < -0.3 is 10.6 Å². The lowest BCUT2D eigenvalue weighted by Gasteiger charge is -2.14. The van der Waals surface area contributed by atoms with Crippen molar-refractivity contribution in [3.05, 3.63) is 64.3 Å². The number of fused-ring (bicyclic) bond motifs is 1. The number of rotatable bonds is 5. The normalized spacial score (nSPS) is 22.1. The van der Waals surface area contributed by atoms with Crippen molar-refractivity contribution in [3.63, 3.8) is 0 Å². The van der Waals surface area contributed by atoms with Gasteiger partial charge in [0.25, 0.3) is 0 Å². The summed E-state index contributed by atoms with van der Waals surface area (Å²) in [4.78, 5) is 17.0. The van der Waals surface area contributed by atoms with Crippen molar-refractivity contribution in [3.8, 4) is 0 Å². The monoisotopic (exact) mass is 507 g/mol. The Morgan fingerprint density at radius 1 is 1.24 bits per heavy atom. The molecule has 5 rings (SSSR count). The Balaban J connectivity index is 1.32. The van der Waals surface area contributed by atoms with Gasteiger partial charge in [-0.1, -0.05) is 35.5 Å². The number of alkyl halides is 3. The molecular weight excluding hydrogens is 487 g/mol. The van der Waals surface area contributed by atoms with Crippen LogP contribution in [0.3, 0.4) is 0 Å². The molecule has 0 spiro atoms. The Morgan fingerprint density at radius 2 is 2.09 bits per heavy atom. The van der Waals surface area contributed by atoms with Gasteiger partial charge in [0.1, 0.15) is 0 Å². The average Bonchev–Trinajstić information content (AvgIpc) is 3.51. The topological polar surface area (TPSA) is 71.3 Å². The predicted octanol–water partition coefficient (Wildman–Crippen LogP) is 4.25. The summed E-state index contributed by atoms with van der Waals surface area (Å²) in [5, 5.41) is 11.7. The number of nitrogens with zero attached hydrogens (tertiary/aromatic N) is 3. The van der Waals surface area contributed by atoms with Crippen molar-refractivity contribution >= 4 is 45.3 Å². The van der Waals surface area contributed by atoms with Crippen LogP contribution in [-0.2, 0) is 23.9 Å². The van der Waals surface area contributed by atoms with Crippen LogP contribution >= 0.6 is 23.4 Å². The first-order valence-electron chi connectivity index (χ1n) is 10.8. The summed E-state index contributed by atoms with van der Waals surface area (Å²) < 4.78 is 41.9. The van der Waals surface area contributed by atoms with Crippen LogP contribution in [0.5, 0.6) is 0 Å². The van der Waals surface area contributed by atoms with Crippen molar-refractivity contribution in [2.75, 3.05) is 13.1 Å². The second kappa shape index (κ2) is 9.24. The number of halogens is 4. The van der Waals surface area contributed by atoms with Gasteiger partial charge in [-0.05, 0) is 54.8 Å². The Labute approximate surface area is 202 Å². The molecule has 0 bridgehead atoms. The molecule has 0 aliphatic carbocycles. The summed E-state index contributed by atoms with van der Waals surface area (Å²) in [6.45, 7) is 1.73. The van der Waals surface area contributed by atoms with Crippen molar-refractivity contribution in [2.45, 2.75) is 36.9 Å². The number of hydrogen-bond acceptors (Lipinski definition) is 5. The van der Waals surface area contributed by atoms with E-state index in [0.717, 1.165) is 36.5 Å². The van der Waals surface area contributed by atoms with Crippen LogP contribution < -0.4 is 10.6 Å². The zero-order valence-electron chi connectivity index (χ0n) is 17.9. The molecule has 2 fully saturated rings. The molecule has 3 aromatic rings. The highest BCUT2D eigenvalue weighted by molar-refractivity contribution is 8.15. The van der Waals surface area contributed by atoms with E-state index in [4.69, 9.17) is 11.6 Å². The van der Waals surface area contributed by atoms with Gasteiger partial charge in [0, 0.05) is 17.0 Å². The Morgan fingerprint density at radius 3 is 2.85 bits per heavy atom. The number of carbonyl (C=O) groups excluding carboxylic acids is 1. The van der Waals surface area contributed by atoms with Crippen LogP contribution in [0.1, 0.15) is 23.1 Å². The number of thioether (sulfide) groups is 1. The largest absolute Gasteiger partial charge is 0.416 e. The van der Waals surface area contributed by atoms with Crippen LogP contribution in [0.25, 0.3) is 10.9 Å². The fraction of sp³-hybridized carbons (Fsp3) is 0.348. The van der Waals surface area contributed by atoms with E-state index in [9.17, 15) is 18.0 Å². The first kappa shape index (κ1) is 23.2. The molecule has 6 nitrogen and oxygen atoms in total. The highest BCUT2D eigenvalue weighted by Crippen LogP contribution is 2.34. The fourth-order valence-corrected chi connectivity index (χ4v) is 5.48. The Kier molecular flexibility index (Phi) is 6.30. The van der Waals surface area contributed by atoms with Crippen LogP contribution in [-0.4, -0.2) is 45.2 Å². The van der Waals surface area contributed by atoms with E-state index < -0.39 is 11.7 Å². The number of amides is 1. The molecule has 1 amide bonds. The molecule has 2 atom stereocenters. The fourth-order valence-electron chi connectivity index (χ4n) is 4.23. The van der Waals surface area contributed by atoms with Gasteiger partial charge in [-0.25, -0.2) is 0 Å². The lowest BCUT2D eigenvalue weighted by Crippen LogP contribution is -2.27. The number of hydrogen-bond donors (Lipinski definition) is 2. The minimum Gasteiger partial charge on any atom is -0.315 e. The lowest BCUT2D eigenvalue weighted by atomic mass is 10.1. The standard InChI is InChI=1S/C23H21ClF3N5OS/c24-16-3-2-14(18(9-16)23(25,26)27)12-32-19-4-1-13(7-15(19)10-29-32)8-20-21(33)31-22(34-20)30-17-5-6-28-11-17/h1-4,7,9-10,17,20,28H,5-6,8,11-12H2,(H,30,31,33)/t17-,20?/m0/s1. The first-order valence-corrected chi connectivity index (χ1v) is 12.1. The van der Waals surface area contributed by atoms with Gasteiger partial charge in [0.05, 0.1) is 35.1 Å². The highest BCUT2D eigenvalue weighted by Gasteiger charge is 2.34. The number of aliphatic imine (C=N–C) groups is 1. The van der Waals surface area contributed by atoms with E-state index in [-0.39, 0.29) is 34.3 Å². The molecule has 0 radical (unpaired) electrons. The van der Waals surface area contributed by atoms with Gasteiger partial charge >= 0.3 is 6.18 Å². The molecule has 1 unspecified atom stereocenters. The number of benzene rings is 2. The number of carbonyl (C=O) groups is 1. The van der Waals surface area contributed by atoms with Crippen molar-refractivity contribution in [1.29, 1.82) is 0 Å². The Bertz CT molecular complexity index is 1270. The summed E-state index contributed by atoms with van der Waals surface area (Å²) in [6.07, 6.45) is -1.39. The van der Waals surface area contributed by atoms with Gasteiger partial charge in [0.15, 0.2) is 5.17 Å². The van der Waals surface area contributed by atoms with E-state index >= 15 is 0 Å². The maximum absolute atomic E-state index is 13.5. The molecule has 1 aromatic heterocycles. The molecule has 3 heterocycles. The maximum Gasteiger partial charge on any atom is 0.416 e. The number of aromatic nitrogens is 2. The van der Waals surface area contributed by atoms with Crippen LogP contribution in [0.4, 0.5) is 13.2 Å². The first-order chi connectivity index (χ1) is 16.3. The molecule has 2 aliphatic rings. The molecule has 2 N–H and O–H groups in total. The smallest absolute Gasteiger partial charge is 0.315 e. The molecule has 2 aromatic carbocycles. The minimum absolute atomic E-state index is 0.0352. The number of amidine groups is 1. The summed E-state index contributed by atoms with van der Waals surface area (Å²) in [7, 11) is 0. The zero-order valence-corrected chi connectivity index (χ0v) is 19.5. The molecule has 2 aliphatic heterocycles.